The van der Waals surface area contributed by atoms with Gasteiger partial charge in [-0.15, -0.1) is 11.3 Å². The number of anilines is 1. The lowest BCUT2D eigenvalue weighted by molar-refractivity contribution is -0.117. The third kappa shape index (κ3) is 5.18. The van der Waals surface area contributed by atoms with Crippen molar-refractivity contribution in [2.45, 2.75) is 26.2 Å². The Kier molecular flexibility index (Phi) is 7.86. The highest BCUT2D eigenvalue weighted by Crippen LogP contribution is 2.35. The summed E-state index contributed by atoms with van der Waals surface area (Å²) in [6.45, 7) is 4.01. The third-order valence-corrected chi connectivity index (χ3v) is 5.61. The van der Waals surface area contributed by atoms with Gasteiger partial charge in [-0.05, 0) is 36.6 Å². The summed E-state index contributed by atoms with van der Waals surface area (Å²) in [4.78, 5) is 37.8. The number of nitrogens with two attached hydrogens (primary N) is 1. The van der Waals surface area contributed by atoms with Gasteiger partial charge in [-0.2, -0.15) is 0 Å². The second-order valence-electron chi connectivity index (χ2n) is 6.30. The van der Waals surface area contributed by atoms with E-state index < -0.39 is 11.9 Å². The molecule has 0 saturated carbocycles. The molecule has 2 amide bonds. The molecular weight excluding hydrogens is 397 g/mol. The fourth-order valence-electron chi connectivity index (χ4n) is 2.90. The maximum atomic E-state index is 13.2. The lowest BCUT2D eigenvalue weighted by atomic mass is 9.95. The van der Waals surface area contributed by atoms with E-state index in [-0.39, 0.29) is 41.3 Å². The first-order valence-corrected chi connectivity index (χ1v) is 9.91. The molecule has 7 nitrogen and oxygen atoms in total. The van der Waals surface area contributed by atoms with Crippen molar-refractivity contribution in [1.82, 2.24) is 5.32 Å². The molecule has 1 unspecified atom stereocenters. The van der Waals surface area contributed by atoms with Crippen molar-refractivity contribution in [2.24, 2.45) is 5.73 Å². The SMILES string of the molecule is CCC(C(=O)Nc1sc(C(=O)NCCN)c(C)c1C(=O)OC)c1ccc(F)cc1. The molecule has 0 aliphatic rings. The van der Waals surface area contributed by atoms with Gasteiger partial charge in [-0.3, -0.25) is 9.59 Å². The van der Waals surface area contributed by atoms with Gasteiger partial charge in [-0.25, -0.2) is 9.18 Å². The van der Waals surface area contributed by atoms with Crippen LogP contribution in [0.15, 0.2) is 24.3 Å². The van der Waals surface area contributed by atoms with Crippen LogP contribution in [0.4, 0.5) is 9.39 Å². The van der Waals surface area contributed by atoms with E-state index in [1.165, 1.54) is 19.2 Å². The number of hydrogen-bond donors (Lipinski definition) is 3. The van der Waals surface area contributed by atoms with Gasteiger partial charge in [0.15, 0.2) is 0 Å². The molecule has 0 aliphatic heterocycles. The molecule has 4 N–H and O–H groups in total. The molecule has 0 spiro atoms. The van der Waals surface area contributed by atoms with E-state index in [0.29, 0.717) is 22.4 Å². The van der Waals surface area contributed by atoms with Crippen molar-refractivity contribution >= 4 is 34.1 Å². The normalized spacial score (nSPS) is 11.6. The lowest BCUT2D eigenvalue weighted by Gasteiger charge is -2.15. The van der Waals surface area contributed by atoms with Crippen LogP contribution in [0, 0.1) is 12.7 Å². The fraction of sp³-hybridized carbons (Fsp3) is 0.350. The Morgan fingerprint density at radius 2 is 1.90 bits per heavy atom. The molecule has 29 heavy (non-hydrogen) atoms. The Hall–Kier alpha value is -2.78. The largest absolute Gasteiger partial charge is 0.465 e. The Morgan fingerprint density at radius 1 is 1.24 bits per heavy atom. The Morgan fingerprint density at radius 3 is 2.45 bits per heavy atom. The molecule has 0 bridgehead atoms. The van der Waals surface area contributed by atoms with Crippen molar-refractivity contribution in [1.29, 1.82) is 0 Å². The molecule has 0 fully saturated rings. The average Bonchev–Trinajstić information content (AvgIpc) is 3.03. The zero-order valence-corrected chi connectivity index (χ0v) is 17.3. The van der Waals surface area contributed by atoms with Crippen molar-refractivity contribution in [3.05, 3.63) is 51.7 Å². The van der Waals surface area contributed by atoms with Crippen LogP contribution in [0.3, 0.4) is 0 Å². The van der Waals surface area contributed by atoms with E-state index in [1.807, 2.05) is 6.92 Å². The predicted octanol–water partition coefficient (Wildman–Crippen LogP) is 2.80. The van der Waals surface area contributed by atoms with Gasteiger partial charge in [0.1, 0.15) is 10.8 Å². The third-order valence-electron chi connectivity index (χ3n) is 4.41. The highest BCUT2D eigenvalue weighted by atomic mass is 32.1. The van der Waals surface area contributed by atoms with Crippen LogP contribution >= 0.6 is 11.3 Å². The highest BCUT2D eigenvalue weighted by Gasteiger charge is 2.28. The smallest absolute Gasteiger partial charge is 0.341 e. The number of amides is 2. The Labute approximate surface area is 172 Å². The number of esters is 1. The molecule has 156 valence electrons. The van der Waals surface area contributed by atoms with Crippen LogP contribution in [0.2, 0.25) is 0 Å². The zero-order valence-electron chi connectivity index (χ0n) is 16.5. The number of carbonyl (C=O) groups excluding carboxylic acids is 3. The maximum Gasteiger partial charge on any atom is 0.341 e. The summed E-state index contributed by atoms with van der Waals surface area (Å²) < 4.78 is 18.0. The Balaban J connectivity index is 2.36. The molecule has 0 radical (unpaired) electrons. The summed E-state index contributed by atoms with van der Waals surface area (Å²) in [5.41, 5.74) is 6.62. The number of thiophene rings is 1. The first-order valence-electron chi connectivity index (χ1n) is 9.10. The minimum absolute atomic E-state index is 0.137. The molecule has 1 atom stereocenters. The molecule has 1 aromatic carbocycles. The van der Waals surface area contributed by atoms with Gasteiger partial charge >= 0.3 is 5.97 Å². The number of nitrogens with one attached hydrogen (secondary N) is 2. The van der Waals surface area contributed by atoms with E-state index >= 15 is 0 Å². The minimum atomic E-state index is -0.651. The molecule has 2 rings (SSSR count). The average molecular weight is 421 g/mol. The van der Waals surface area contributed by atoms with Gasteiger partial charge in [0.25, 0.3) is 5.91 Å². The fourth-order valence-corrected chi connectivity index (χ4v) is 4.01. The molecule has 0 saturated heterocycles. The lowest BCUT2D eigenvalue weighted by Crippen LogP contribution is -2.28. The standard InChI is InChI=1S/C20H24FN3O4S/c1-4-14(12-5-7-13(21)8-6-12)17(25)24-19-15(20(27)28-3)11(2)16(29-19)18(26)23-10-9-22/h5-8,14H,4,9-10,22H2,1-3H3,(H,23,26)(H,24,25). The van der Waals surface area contributed by atoms with Crippen molar-refractivity contribution in [3.63, 3.8) is 0 Å². The summed E-state index contributed by atoms with van der Waals surface area (Å²) in [5, 5.41) is 5.63. The van der Waals surface area contributed by atoms with E-state index in [2.05, 4.69) is 10.6 Å². The van der Waals surface area contributed by atoms with Crippen molar-refractivity contribution < 1.29 is 23.5 Å². The van der Waals surface area contributed by atoms with Crippen LogP contribution in [0.5, 0.6) is 0 Å². The number of methoxy groups -OCH3 is 1. The number of benzene rings is 1. The molecule has 2 aromatic rings. The number of carbonyl (C=O) groups is 3. The van der Waals surface area contributed by atoms with Crippen molar-refractivity contribution in [3.8, 4) is 0 Å². The molecule has 1 aromatic heterocycles. The zero-order chi connectivity index (χ0) is 21.6. The van der Waals surface area contributed by atoms with Crippen molar-refractivity contribution in [2.75, 3.05) is 25.5 Å². The predicted molar refractivity (Wildman–Crippen MR) is 110 cm³/mol. The van der Waals surface area contributed by atoms with Crippen LogP contribution in [0.1, 0.15) is 50.4 Å². The quantitative estimate of drug-likeness (QED) is 0.568. The second kappa shape index (κ2) is 10.1. The summed E-state index contributed by atoms with van der Waals surface area (Å²) in [7, 11) is 1.23. The summed E-state index contributed by atoms with van der Waals surface area (Å²) >= 11 is 0.997. The molecule has 1 heterocycles. The van der Waals surface area contributed by atoms with Crippen LogP contribution in [0.25, 0.3) is 0 Å². The van der Waals surface area contributed by atoms with Gasteiger partial charge in [0, 0.05) is 13.1 Å². The summed E-state index contributed by atoms with van der Waals surface area (Å²) in [6.07, 6.45) is 0.471. The molecule has 0 aliphatic carbocycles. The van der Waals surface area contributed by atoms with Gasteiger partial charge in [0.05, 0.1) is 23.5 Å². The van der Waals surface area contributed by atoms with Crippen LogP contribution in [-0.4, -0.2) is 38.0 Å². The molecular formula is C20H24FN3O4S. The summed E-state index contributed by atoms with van der Waals surface area (Å²) in [6, 6.07) is 5.69. The monoisotopic (exact) mass is 421 g/mol. The van der Waals surface area contributed by atoms with Crippen LogP contribution in [-0.2, 0) is 9.53 Å². The minimum Gasteiger partial charge on any atom is -0.465 e. The van der Waals surface area contributed by atoms with E-state index in [4.69, 9.17) is 10.5 Å². The van der Waals surface area contributed by atoms with E-state index in [9.17, 15) is 18.8 Å². The highest BCUT2D eigenvalue weighted by molar-refractivity contribution is 7.18. The number of hydrogen-bond acceptors (Lipinski definition) is 6. The van der Waals surface area contributed by atoms with Gasteiger partial charge in [0.2, 0.25) is 5.91 Å². The first kappa shape index (κ1) is 22.5. The number of halogens is 1. The summed E-state index contributed by atoms with van der Waals surface area (Å²) in [5.74, 6) is -2.33. The van der Waals surface area contributed by atoms with E-state index in [1.54, 1.807) is 19.1 Å². The van der Waals surface area contributed by atoms with E-state index in [0.717, 1.165) is 11.3 Å². The topological polar surface area (TPSA) is 111 Å². The first-order chi connectivity index (χ1) is 13.8. The number of rotatable bonds is 8. The van der Waals surface area contributed by atoms with Gasteiger partial charge in [-0.1, -0.05) is 19.1 Å². The maximum absolute atomic E-state index is 13.2. The second-order valence-corrected chi connectivity index (χ2v) is 7.32. The number of ether oxygens (including phenoxy) is 1. The van der Waals surface area contributed by atoms with Crippen LogP contribution < -0.4 is 16.4 Å². The van der Waals surface area contributed by atoms with Gasteiger partial charge < -0.3 is 21.1 Å². The molecule has 9 heteroatoms. The Bertz CT molecular complexity index is 896.